The van der Waals surface area contributed by atoms with Gasteiger partial charge in [0.1, 0.15) is 0 Å². The third kappa shape index (κ3) is 1.89. The number of nitrogens with one attached hydrogen (secondary N) is 1. The van der Waals surface area contributed by atoms with E-state index >= 15 is 0 Å². The molecule has 0 amide bonds. The third-order valence-corrected chi connectivity index (χ3v) is 6.27. The Bertz CT molecular complexity index is 1220. The van der Waals surface area contributed by atoms with Crippen LogP contribution in [0.15, 0.2) is 91.0 Å². The zero-order chi connectivity index (χ0) is 18.0. The van der Waals surface area contributed by atoms with Crippen molar-refractivity contribution < 1.29 is 0 Å². The van der Waals surface area contributed by atoms with Crippen LogP contribution in [0.3, 0.4) is 0 Å². The van der Waals surface area contributed by atoms with Crippen LogP contribution in [0.25, 0.3) is 22.3 Å². The maximum absolute atomic E-state index is 3.66. The molecule has 0 radical (unpaired) electrons. The van der Waals surface area contributed by atoms with E-state index in [1.807, 2.05) is 0 Å². The van der Waals surface area contributed by atoms with Crippen molar-refractivity contribution in [1.82, 2.24) is 0 Å². The zero-order valence-corrected chi connectivity index (χ0v) is 15.2. The summed E-state index contributed by atoms with van der Waals surface area (Å²) in [6, 6.07) is 33.3. The number of para-hydroxylation sites is 1. The van der Waals surface area contributed by atoms with Gasteiger partial charge in [0, 0.05) is 22.4 Å². The van der Waals surface area contributed by atoms with Crippen LogP contribution in [-0.2, 0) is 5.41 Å². The van der Waals surface area contributed by atoms with Gasteiger partial charge in [-0.25, -0.2) is 0 Å². The molecule has 1 aliphatic heterocycles. The summed E-state index contributed by atoms with van der Waals surface area (Å²) in [5, 5.41) is 3.66. The lowest BCUT2D eigenvalue weighted by molar-refractivity contribution is 0.714. The van der Waals surface area contributed by atoms with Gasteiger partial charge in [-0.3, -0.25) is 0 Å². The van der Waals surface area contributed by atoms with Gasteiger partial charge in [0.15, 0.2) is 0 Å². The predicted molar refractivity (Wildman–Crippen MR) is 113 cm³/mol. The Kier molecular flexibility index (Phi) is 2.80. The Morgan fingerprint density at radius 3 is 2.33 bits per heavy atom. The molecule has 1 N–H and O–H groups in total. The number of hydrogen-bond donors (Lipinski definition) is 1. The van der Waals surface area contributed by atoms with E-state index in [9.17, 15) is 0 Å². The molecular weight excluding hydrogens is 326 g/mol. The summed E-state index contributed by atoms with van der Waals surface area (Å²) in [6.07, 6.45) is 0. The molecule has 4 aromatic rings. The summed E-state index contributed by atoms with van der Waals surface area (Å²) in [5.74, 6) is 0. The molecule has 27 heavy (non-hydrogen) atoms. The molecule has 0 saturated carbocycles. The summed E-state index contributed by atoms with van der Waals surface area (Å²) in [4.78, 5) is 0. The molecule has 0 saturated heterocycles. The topological polar surface area (TPSA) is 12.0 Å². The van der Waals surface area contributed by atoms with Crippen molar-refractivity contribution in [3.8, 4) is 22.3 Å². The lowest BCUT2D eigenvalue weighted by atomic mass is 9.73. The second kappa shape index (κ2) is 5.11. The molecule has 1 nitrogen and oxygen atoms in total. The molecular formula is C26H19N. The smallest absolute Gasteiger partial charge is 0.0463 e. The minimum Gasteiger partial charge on any atom is -0.355 e. The van der Waals surface area contributed by atoms with Crippen LogP contribution >= 0.6 is 0 Å². The molecule has 0 fully saturated rings. The summed E-state index contributed by atoms with van der Waals surface area (Å²) < 4.78 is 0. The standard InChI is InChI=1S/C26H19N/c1-26-18-8-6-7-17(15-18)20-9-3-5-12-25(20)27-19-13-14-22(24(26)16-19)21-10-2-4-11-23(21)26/h2-16,27H,1H3. The largest absolute Gasteiger partial charge is 0.355 e. The maximum atomic E-state index is 3.66. The Labute approximate surface area is 159 Å². The van der Waals surface area contributed by atoms with Crippen LogP contribution in [-0.4, -0.2) is 0 Å². The number of rotatable bonds is 0. The lowest BCUT2D eigenvalue weighted by Gasteiger charge is -2.30. The van der Waals surface area contributed by atoms with Crippen LogP contribution in [0.5, 0.6) is 0 Å². The van der Waals surface area contributed by atoms with Crippen LogP contribution in [0.4, 0.5) is 11.4 Å². The Hall–Kier alpha value is -3.32. The molecule has 4 aromatic carbocycles. The first kappa shape index (κ1) is 14.8. The summed E-state index contributed by atoms with van der Waals surface area (Å²) in [7, 11) is 0. The summed E-state index contributed by atoms with van der Waals surface area (Å²) in [5.41, 5.74) is 11.5. The normalized spacial score (nSPS) is 18.3. The van der Waals surface area contributed by atoms with Gasteiger partial charge < -0.3 is 5.32 Å². The highest BCUT2D eigenvalue weighted by molar-refractivity contribution is 5.88. The van der Waals surface area contributed by atoms with Gasteiger partial charge in [-0.05, 0) is 64.6 Å². The fraction of sp³-hybridized carbons (Fsp3) is 0.0769. The van der Waals surface area contributed by atoms with E-state index in [1.54, 1.807) is 0 Å². The van der Waals surface area contributed by atoms with Crippen LogP contribution in [0.2, 0.25) is 0 Å². The average molecular weight is 345 g/mol. The SMILES string of the molecule is CC12c3cccc(c3)-c3ccccc3Nc3ccc(c1c3)-c1ccccc12. The molecule has 6 rings (SSSR count). The molecule has 0 aromatic heterocycles. The minimum atomic E-state index is -0.147. The third-order valence-electron chi connectivity index (χ3n) is 6.27. The second-order valence-corrected chi connectivity index (χ2v) is 7.68. The van der Waals surface area contributed by atoms with Crippen LogP contribution in [0, 0.1) is 0 Å². The average Bonchev–Trinajstić information content (AvgIpc) is 2.98. The van der Waals surface area contributed by atoms with Crippen molar-refractivity contribution in [3.05, 3.63) is 108 Å². The van der Waals surface area contributed by atoms with Crippen molar-refractivity contribution in [1.29, 1.82) is 0 Å². The summed E-state index contributed by atoms with van der Waals surface area (Å²) in [6.45, 7) is 2.37. The number of anilines is 2. The van der Waals surface area contributed by atoms with E-state index in [0.717, 1.165) is 11.4 Å². The number of hydrogen-bond acceptors (Lipinski definition) is 1. The van der Waals surface area contributed by atoms with Crippen molar-refractivity contribution >= 4 is 11.4 Å². The van der Waals surface area contributed by atoms with E-state index in [1.165, 1.54) is 38.9 Å². The van der Waals surface area contributed by atoms with Crippen LogP contribution in [0.1, 0.15) is 23.6 Å². The highest BCUT2D eigenvalue weighted by atomic mass is 14.9. The van der Waals surface area contributed by atoms with Gasteiger partial charge in [0.25, 0.3) is 0 Å². The first-order valence-electron chi connectivity index (χ1n) is 9.46. The van der Waals surface area contributed by atoms with Gasteiger partial charge in [-0.2, -0.15) is 0 Å². The first-order chi connectivity index (χ1) is 13.2. The van der Waals surface area contributed by atoms with Crippen molar-refractivity contribution in [2.24, 2.45) is 0 Å². The highest BCUT2D eigenvalue weighted by Gasteiger charge is 2.41. The fourth-order valence-corrected chi connectivity index (χ4v) is 4.88. The molecule has 1 atom stereocenters. The highest BCUT2D eigenvalue weighted by Crippen LogP contribution is 2.53. The molecule has 2 aliphatic rings. The zero-order valence-electron chi connectivity index (χ0n) is 15.2. The van der Waals surface area contributed by atoms with E-state index in [4.69, 9.17) is 0 Å². The van der Waals surface area contributed by atoms with E-state index in [2.05, 4.69) is 103 Å². The number of benzene rings is 4. The molecule has 1 heteroatoms. The lowest BCUT2D eigenvalue weighted by Crippen LogP contribution is -2.22. The fourth-order valence-electron chi connectivity index (χ4n) is 4.88. The number of fused-ring (bicyclic) bond motifs is 9. The minimum absolute atomic E-state index is 0.147. The Morgan fingerprint density at radius 1 is 0.630 bits per heavy atom. The Balaban J connectivity index is 1.76. The Morgan fingerprint density at radius 2 is 1.41 bits per heavy atom. The summed E-state index contributed by atoms with van der Waals surface area (Å²) >= 11 is 0. The van der Waals surface area contributed by atoms with E-state index < -0.39 is 0 Å². The molecule has 1 aliphatic carbocycles. The maximum Gasteiger partial charge on any atom is 0.0463 e. The van der Waals surface area contributed by atoms with E-state index in [-0.39, 0.29) is 5.41 Å². The molecule has 1 heterocycles. The van der Waals surface area contributed by atoms with Crippen molar-refractivity contribution in [2.45, 2.75) is 12.3 Å². The van der Waals surface area contributed by atoms with Gasteiger partial charge in [0.05, 0.1) is 0 Å². The van der Waals surface area contributed by atoms with Gasteiger partial charge >= 0.3 is 0 Å². The van der Waals surface area contributed by atoms with E-state index in [0.29, 0.717) is 0 Å². The van der Waals surface area contributed by atoms with Crippen molar-refractivity contribution in [2.75, 3.05) is 5.32 Å². The van der Waals surface area contributed by atoms with Crippen LogP contribution < -0.4 is 5.32 Å². The van der Waals surface area contributed by atoms with Gasteiger partial charge in [-0.1, -0.05) is 66.7 Å². The quantitative estimate of drug-likeness (QED) is 0.372. The van der Waals surface area contributed by atoms with Gasteiger partial charge in [0.2, 0.25) is 0 Å². The monoisotopic (exact) mass is 345 g/mol. The molecule has 0 spiro atoms. The first-order valence-corrected chi connectivity index (χ1v) is 9.46. The predicted octanol–water partition coefficient (Wildman–Crippen LogP) is 6.75. The molecule has 128 valence electrons. The van der Waals surface area contributed by atoms with Crippen molar-refractivity contribution in [3.63, 3.8) is 0 Å². The van der Waals surface area contributed by atoms with Gasteiger partial charge in [-0.15, -0.1) is 0 Å². The molecule has 1 unspecified atom stereocenters. The second-order valence-electron chi connectivity index (χ2n) is 7.68. The molecule has 4 bridgehead atoms.